The standard InChI is InChI=1S/C11H9FN2O2/c1-6(11(15)16)10-8-4-7(12)2-3-9(8)13-5-14-10/h2-6H,1H3,(H,15,16). The zero-order chi connectivity index (χ0) is 11.7. The summed E-state index contributed by atoms with van der Waals surface area (Å²) in [4.78, 5) is 18.7. The Morgan fingerprint density at radius 3 is 2.88 bits per heavy atom. The Morgan fingerprint density at radius 1 is 1.44 bits per heavy atom. The van der Waals surface area contributed by atoms with Crippen LogP contribution in [0.15, 0.2) is 24.5 Å². The van der Waals surface area contributed by atoms with Crippen LogP contribution in [0.1, 0.15) is 18.5 Å². The zero-order valence-corrected chi connectivity index (χ0v) is 8.51. The number of aromatic nitrogens is 2. The molecule has 0 aliphatic carbocycles. The summed E-state index contributed by atoms with van der Waals surface area (Å²) in [5.74, 6) is -2.21. The summed E-state index contributed by atoms with van der Waals surface area (Å²) in [7, 11) is 0. The summed E-state index contributed by atoms with van der Waals surface area (Å²) < 4.78 is 13.1. The number of carboxylic acids is 1. The molecule has 1 aromatic carbocycles. The Kier molecular flexibility index (Phi) is 2.52. The topological polar surface area (TPSA) is 63.1 Å². The lowest BCUT2D eigenvalue weighted by Gasteiger charge is -2.08. The highest BCUT2D eigenvalue weighted by atomic mass is 19.1. The van der Waals surface area contributed by atoms with Crippen LogP contribution in [0.2, 0.25) is 0 Å². The highest BCUT2D eigenvalue weighted by Gasteiger charge is 2.18. The first-order chi connectivity index (χ1) is 7.59. The van der Waals surface area contributed by atoms with Gasteiger partial charge in [0.1, 0.15) is 12.1 Å². The number of benzene rings is 1. The largest absolute Gasteiger partial charge is 0.481 e. The van der Waals surface area contributed by atoms with Crippen molar-refractivity contribution >= 4 is 16.9 Å². The van der Waals surface area contributed by atoms with Gasteiger partial charge in [-0.15, -0.1) is 0 Å². The van der Waals surface area contributed by atoms with E-state index in [4.69, 9.17) is 5.11 Å². The second-order valence-corrected chi connectivity index (χ2v) is 3.48. The Labute approximate surface area is 90.8 Å². The lowest BCUT2D eigenvalue weighted by Crippen LogP contribution is -2.10. The van der Waals surface area contributed by atoms with Crippen LogP contribution >= 0.6 is 0 Å². The molecule has 0 aliphatic heterocycles. The third-order valence-electron chi connectivity index (χ3n) is 2.41. The monoisotopic (exact) mass is 220 g/mol. The summed E-state index contributed by atoms with van der Waals surface area (Å²) in [5.41, 5.74) is 0.872. The third kappa shape index (κ3) is 1.71. The molecule has 0 saturated heterocycles. The fourth-order valence-corrected chi connectivity index (χ4v) is 1.51. The van der Waals surface area contributed by atoms with E-state index in [0.29, 0.717) is 16.6 Å². The first-order valence-electron chi connectivity index (χ1n) is 4.72. The van der Waals surface area contributed by atoms with Gasteiger partial charge in [-0.2, -0.15) is 0 Å². The summed E-state index contributed by atoms with van der Waals surface area (Å²) in [5, 5.41) is 9.35. The molecule has 2 rings (SSSR count). The summed E-state index contributed by atoms with van der Waals surface area (Å²) in [6.45, 7) is 1.51. The minimum Gasteiger partial charge on any atom is -0.481 e. The van der Waals surface area contributed by atoms with Crippen LogP contribution in [0, 0.1) is 5.82 Å². The normalized spacial score (nSPS) is 12.6. The summed E-state index contributed by atoms with van der Waals surface area (Å²) in [6.07, 6.45) is 1.29. The number of fused-ring (bicyclic) bond motifs is 1. The maximum atomic E-state index is 13.1. The lowest BCUT2D eigenvalue weighted by atomic mass is 10.0. The molecule has 1 atom stereocenters. The highest BCUT2D eigenvalue weighted by Crippen LogP contribution is 2.22. The van der Waals surface area contributed by atoms with Crippen molar-refractivity contribution in [3.63, 3.8) is 0 Å². The quantitative estimate of drug-likeness (QED) is 0.840. The van der Waals surface area contributed by atoms with Gasteiger partial charge in [-0.1, -0.05) is 0 Å². The number of rotatable bonds is 2. The molecule has 5 heteroatoms. The van der Waals surface area contributed by atoms with Crippen LogP contribution in [0.3, 0.4) is 0 Å². The molecule has 0 saturated carbocycles. The minimum atomic E-state index is -0.996. The van der Waals surface area contributed by atoms with Gasteiger partial charge in [-0.05, 0) is 25.1 Å². The van der Waals surface area contributed by atoms with Crippen molar-refractivity contribution in [3.8, 4) is 0 Å². The lowest BCUT2D eigenvalue weighted by molar-refractivity contribution is -0.138. The molecule has 1 unspecified atom stereocenters. The number of aliphatic carboxylic acids is 1. The van der Waals surface area contributed by atoms with Gasteiger partial charge in [0, 0.05) is 5.39 Å². The molecule has 0 aliphatic rings. The van der Waals surface area contributed by atoms with E-state index in [1.165, 1.54) is 31.5 Å². The van der Waals surface area contributed by atoms with Crippen LogP contribution in [-0.4, -0.2) is 21.0 Å². The average molecular weight is 220 g/mol. The molecule has 2 aromatic rings. The van der Waals surface area contributed by atoms with Gasteiger partial charge < -0.3 is 5.11 Å². The first-order valence-corrected chi connectivity index (χ1v) is 4.72. The molecule has 0 radical (unpaired) electrons. The predicted octanol–water partition coefficient (Wildman–Crippen LogP) is 1.96. The second kappa shape index (κ2) is 3.84. The van der Waals surface area contributed by atoms with Gasteiger partial charge in [0.25, 0.3) is 0 Å². The van der Waals surface area contributed by atoms with Gasteiger partial charge in [0.05, 0.1) is 17.1 Å². The Bertz CT molecular complexity index is 557. The Hall–Kier alpha value is -2.04. The number of hydrogen-bond donors (Lipinski definition) is 1. The van der Waals surface area contributed by atoms with Crippen molar-refractivity contribution < 1.29 is 14.3 Å². The number of hydrogen-bond acceptors (Lipinski definition) is 3. The summed E-state index contributed by atoms with van der Waals surface area (Å²) >= 11 is 0. The third-order valence-corrected chi connectivity index (χ3v) is 2.41. The number of nitrogens with zero attached hydrogens (tertiary/aromatic N) is 2. The predicted molar refractivity (Wildman–Crippen MR) is 55.5 cm³/mol. The van der Waals surface area contributed by atoms with E-state index in [9.17, 15) is 9.18 Å². The number of carboxylic acid groups (broad SMARTS) is 1. The first kappa shape index (κ1) is 10.5. The van der Waals surface area contributed by atoms with Crippen molar-refractivity contribution in [2.45, 2.75) is 12.8 Å². The van der Waals surface area contributed by atoms with Gasteiger partial charge in [-0.3, -0.25) is 4.79 Å². The van der Waals surface area contributed by atoms with Gasteiger partial charge in [0.2, 0.25) is 0 Å². The van der Waals surface area contributed by atoms with Gasteiger partial charge in [0.15, 0.2) is 0 Å². The van der Waals surface area contributed by atoms with E-state index >= 15 is 0 Å². The van der Waals surface area contributed by atoms with Crippen LogP contribution < -0.4 is 0 Å². The van der Waals surface area contributed by atoms with Crippen molar-refractivity contribution in [2.75, 3.05) is 0 Å². The Balaban J connectivity index is 2.69. The van der Waals surface area contributed by atoms with Gasteiger partial charge >= 0.3 is 5.97 Å². The van der Waals surface area contributed by atoms with Gasteiger partial charge in [-0.25, -0.2) is 14.4 Å². The minimum absolute atomic E-state index is 0.331. The molecule has 16 heavy (non-hydrogen) atoms. The van der Waals surface area contributed by atoms with Crippen molar-refractivity contribution in [1.82, 2.24) is 9.97 Å². The molecule has 1 N–H and O–H groups in total. The highest BCUT2D eigenvalue weighted by molar-refractivity contribution is 5.86. The molecule has 0 amide bonds. The molecule has 0 spiro atoms. The maximum absolute atomic E-state index is 13.1. The van der Waals surface area contributed by atoms with Crippen molar-refractivity contribution in [1.29, 1.82) is 0 Å². The molecule has 0 fully saturated rings. The van der Waals surface area contributed by atoms with Crippen LogP contribution in [0.25, 0.3) is 10.9 Å². The molecular formula is C11H9FN2O2. The van der Waals surface area contributed by atoms with Crippen molar-refractivity contribution in [3.05, 3.63) is 36.0 Å². The average Bonchev–Trinajstić information content (AvgIpc) is 2.27. The van der Waals surface area contributed by atoms with Crippen LogP contribution in [-0.2, 0) is 4.79 Å². The molecule has 1 heterocycles. The fourth-order valence-electron chi connectivity index (χ4n) is 1.51. The molecule has 4 nitrogen and oxygen atoms in total. The number of carbonyl (C=O) groups is 1. The number of halogens is 1. The summed E-state index contributed by atoms with van der Waals surface area (Å²) in [6, 6.07) is 4.04. The molecule has 1 aromatic heterocycles. The molecule has 0 bridgehead atoms. The SMILES string of the molecule is CC(C(=O)O)c1ncnc2ccc(F)cc12. The van der Waals surface area contributed by atoms with E-state index in [0.717, 1.165) is 0 Å². The molecule has 82 valence electrons. The van der Waals surface area contributed by atoms with Crippen molar-refractivity contribution in [2.24, 2.45) is 0 Å². The van der Waals surface area contributed by atoms with E-state index in [1.54, 1.807) is 0 Å². The fraction of sp³-hybridized carbons (Fsp3) is 0.182. The smallest absolute Gasteiger partial charge is 0.312 e. The van der Waals surface area contributed by atoms with E-state index in [2.05, 4.69) is 9.97 Å². The maximum Gasteiger partial charge on any atom is 0.312 e. The van der Waals surface area contributed by atoms with Crippen LogP contribution in [0.5, 0.6) is 0 Å². The van der Waals surface area contributed by atoms with E-state index in [-0.39, 0.29) is 0 Å². The zero-order valence-electron chi connectivity index (χ0n) is 8.51. The second-order valence-electron chi connectivity index (χ2n) is 3.48. The van der Waals surface area contributed by atoms with E-state index < -0.39 is 17.7 Å². The Morgan fingerprint density at radius 2 is 2.19 bits per heavy atom. The molecular weight excluding hydrogens is 211 g/mol. The van der Waals surface area contributed by atoms with Crippen LogP contribution in [0.4, 0.5) is 4.39 Å². The van der Waals surface area contributed by atoms with E-state index in [1.807, 2.05) is 0 Å².